The molecule has 1 N–H and O–H groups in total. The largest absolute Gasteiger partial charge is 0.488 e. The molecule has 0 bridgehead atoms. The van der Waals surface area contributed by atoms with Crippen LogP contribution in [0, 0.1) is 0 Å². The van der Waals surface area contributed by atoms with Gasteiger partial charge in [-0.1, -0.05) is 58.4 Å². The number of benzene rings is 3. The molecule has 5 nitrogen and oxygen atoms in total. The molecule has 3 aromatic carbocycles. The number of halogens is 1. The number of fused-ring (bicyclic) bond motifs is 1. The van der Waals surface area contributed by atoms with Gasteiger partial charge >= 0.3 is 0 Å². The molecule has 0 aliphatic carbocycles. The standard InChI is InChI=1S/C23H17BrN2O3S/c1-14(27)25-23-26-22(28)21(30-23)12-17-11-18(24)9-10-20(17)29-13-16-7-4-6-15-5-2-3-8-19(15)16/h2-12H,13H2,1H3,(H,25,26,27,28). The highest BCUT2D eigenvalue weighted by Gasteiger charge is 2.23. The molecule has 0 atom stereocenters. The van der Waals surface area contributed by atoms with Crippen molar-refractivity contribution in [3.05, 3.63) is 81.2 Å². The summed E-state index contributed by atoms with van der Waals surface area (Å²) in [7, 11) is 0. The third-order valence-corrected chi connectivity index (χ3v) is 5.82. The van der Waals surface area contributed by atoms with Crippen LogP contribution >= 0.6 is 27.7 Å². The van der Waals surface area contributed by atoms with Crippen LogP contribution in [0.25, 0.3) is 16.8 Å². The van der Waals surface area contributed by atoms with Crippen molar-refractivity contribution in [1.82, 2.24) is 5.32 Å². The SMILES string of the molecule is CC(=O)NC1=NC(=O)C(=Cc2cc(Br)ccc2OCc2cccc3ccccc23)S1. The molecule has 2 amide bonds. The summed E-state index contributed by atoms with van der Waals surface area (Å²) in [5.74, 6) is 0.000561. The minimum absolute atomic E-state index is 0.267. The Morgan fingerprint density at radius 2 is 1.97 bits per heavy atom. The summed E-state index contributed by atoms with van der Waals surface area (Å²) in [6, 6.07) is 19.9. The highest BCUT2D eigenvalue weighted by Crippen LogP contribution is 2.32. The molecule has 0 fully saturated rings. The predicted octanol–water partition coefficient (Wildman–Crippen LogP) is 5.29. The van der Waals surface area contributed by atoms with Gasteiger partial charge in [-0.05, 0) is 52.4 Å². The zero-order chi connectivity index (χ0) is 21.1. The van der Waals surface area contributed by atoms with Crippen LogP contribution in [0.5, 0.6) is 5.75 Å². The first-order valence-corrected chi connectivity index (χ1v) is 10.8. The number of amides is 2. The van der Waals surface area contributed by atoms with Crippen LogP contribution < -0.4 is 10.1 Å². The number of hydrogen-bond acceptors (Lipinski definition) is 4. The van der Waals surface area contributed by atoms with E-state index < -0.39 is 0 Å². The average Bonchev–Trinajstić information content (AvgIpc) is 3.05. The molecule has 150 valence electrons. The van der Waals surface area contributed by atoms with Crippen molar-refractivity contribution in [2.45, 2.75) is 13.5 Å². The van der Waals surface area contributed by atoms with E-state index in [0.29, 0.717) is 17.3 Å². The Morgan fingerprint density at radius 3 is 2.80 bits per heavy atom. The van der Waals surface area contributed by atoms with Gasteiger partial charge in [0, 0.05) is 17.0 Å². The molecule has 4 rings (SSSR count). The van der Waals surface area contributed by atoms with E-state index in [-0.39, 0.29) is 17.0 Å². The van der Waals surface area contributed by atoms with Gasteiger partial charge in [-0.25, -0.2) is 0 Å². The van der Waals surface area contributed by atoms with E-state index in [1.165, 1.54) is 6.92 Å². The second kappa shape index (κ2) is 8.85. The minimum Gasteiger partial charge on any atom is -0.488 e. The highest BCUT2D eigenvalue weighted by molar-refractivity contribution is 9.10. The van der Waals surface area contributed by atoms with Crippen LogP contribution in [0.1, 0.15) is 18.1 Å². The fourth-order valence-electron chi connectivity index (χ4n) is 3.09. The van der Waals surface area contributed by atoms with Gasteiger partial charge in [-0.15, -0.1) is 0 Å². The molecule has 1 aliphatic rings. The molecule has 0 saturated carbocycles. The minimum atomic E-state index is -0.385. The van der Waals surface area contributed by atoms with Crippen molar-refractivity contribution in [3.8, 4) is 5.75 Å². The van der Waals surface area contributed by atoms with E-state index in [4.69, 9.17) is 4.74 Å². The maximum Gasteiger partial charge on any atom is 0.286 e. The molecule has 1 heterocycles. The second-order valence-corrected chi connectivity index (χ2v) is 8.57. The lowest BCUT2D eigenvalue weighted by molar-refractivity contribution is -0.117. The lowest BCUT2D eigenvalue weighted by Crippen LogP contribution is -2.23. The Bertz CT molecular complexity index is 1210. The van der Waals surface area contributed by atoms with Crippen molar-refractivity contribution in [1.29, 1.82) is 0 Å². The van der Waals surface area contributed by atoms with Crippen LogP contribution in [0.2, 0.25) is 0 Å². The lowest BCUT2D eigenvalue weighted by Gasteiger charge is -2.12. The van der Waals surface area contributed by atoms with Crippen molar-refractivity contribution < 1.29 is 14.3 Å². The second-order valence-electron chi connectivity index (χ2n) is 6.62. The Kier molecular flexibility index (Phi) is 6.01. The monoisotopic (exact) mass is 480 g/mol. The molecular weight excluding hydrogens is 464 g/mol. The Labute approximate surface area is 186 Å². The normalized spacial score (nSPS) is 14.8. The smallest absolute Gasteiger partial charge is 0.286 e. The van der Waals surface area contributed by atoms with Gasteiger partial charge in [0.1, 0.15) is 12.4 Å². The molecule has 0 aromatic heterocycles. The maximum atomic E-state index is 12.2. The number of ether oxygens (including phenoxy) is 1. The number of carbonyl (C=O) groups is 2. The summed E-state index contributed by atoms with van der Waals surface area (Å²) in [5, 5.41) is 5.14. The molecular formula is C23H17BrN2O3S. The Morgan fingerprint density at radius 1 is 1.17 bits per heavy atom. The van der Waals surface area contributed by atoms with Gasteiger partial charge in [0.05, 0.1) is 4.91 Å². The zero-order valence-electron chi connectivity index (χ0n) is 16.0. The molecule has 0 saturated heterocycles. The molecule has 0 spiro atoms. The summed E-state index contributed by atoms with van der Waals surface area (Å²) in [6.45, 7) is 1.77. The predicted molar refractivity (Wildman–Crippen MR) is 124 cm³/mol. The number of nitrogens with one attached hydrogen (secondary N) is 1. The van der Waals surface area contributed by atoms with Crippen molar-refractivity contribution in [2.24, 2.45) is 4.99 Å². The molecule has 0 unspecified atom stereocenters. The van der Waals surface area contributed by atoms with E-state index in [1.54, 1.807) is 6.08 Å². The van der Waals surface area contributed by atoms with E-state index in [0.717, 1.165) is 38.1 Å². The summed E-state index contributed by atoms with van der Waals surface area (Å²) in [4.78, 5) is 27.7. The van der Waals surface area contributed by atoms with Gasteiger partial charge < -0.3 is 10.1 Å². The van der Waals surface area contributed by atoms with Crippen molar-refractivity contribution in [2.75, 3.05) is 0 Å². The number of thioether (sulfide) groups is 1. The number of carbonyl (C=O) groups excluding carboxylic acids is 2. The summed E-state index contributed by atoms with van der Waals surface area (Å²) in [5.41, 5.74) is 1.83. The number of hydrogen-bond donors (Lipinski definition) is 1. The first-order chi connectivity index (χ1) is 14.5. The van der Waals surface area contributed by atoms with Gasteiger partial charge in [0.25, 0.3) is 5.91 Å². The maximum absolute atomic E-state index is 12.2. The average molecular weight is 481 g/mol. The summed E-state index contributed by atoms with van der Waals surface area (Å²) >= 11 is 4.60. The third kappa shape index (κ3) is 4.63. The number of rotatable bonds is 4. The van der Waals surface area contributed by atoms with E-state index in [9.17, 15) is 9.59 Å². The molecule has 3 aromatic rings. The molecule has 1 aliphatic heterocycles. The van der Waals surface area contributed by atoms with Gasteiger partial charge in [-0.2, -0.15) is 4.99 Å². The Hall–Kier alpha value is -2.90. The summed E-state index contributed by atoms with van der Waals surface area (Å²) < 4.78 is 7.00. The van der Waals surface area contributed by atoms with Crippen LogP contribution in [0.15, 0.2) is 75.0 Å². The molecule has 7 heteroatoms. The summed E-state index contributed by atoms with van der Waals surface area (Å²) in [6.07, 6.45) is 1.73. The fourth-order valence-corrected chi connectivity index (χ4v) is 4.32. The van der Waals surface area contributed by atoms with Crippen LogP contribution in [0.4, 0.5) is 0 Å². The van der Waals surface area contributed by atoms with Crippen LogP contribution in [0.3, 0.4) is 0 Å². The Balaban J connectivity index is 1.59. The fraction of sp³-hybridized carbons (Fsp3) is 0.0870. The van der Waals surface area contributed by atoms with Crippen LogP contribution in [-0.2, 0) is 16.2 Å². The molecule has 30 heavy (non-hydrogen) atoms. The molecule has 0 radical (unpaired) electrons. The van der Waals surface area contributed by atoms with Gasteiger partial charge in [0.2, 0.25) is 5.91 Å². The lowest BCUT2D eigenvalue weighted by atomic mass is 10.1. The quantitative estimate of drug-likeness (QED) is 0.515. The first kappa shape index (κ1) is 20.4. The number of nitrogens with zero attached hydrogens (tertiary/aromatic N) is 1. The van der Waals surface area contributed by atoms with Crippen molar-refractivity contribution in [3.63, 3.8) is 0 Å². The van der Waals surface area contributed by atoms with Gasteiger partial charge in [0.15, 0.2) is 5.17 Å². The van der Waals surface area contributed by atoms with E-state index in [1.807, 2.05) is 42.5 Å². The van der Waals surface area contributed by atoms with Crippen molar-refractivity contribution >= 4 is 61.5 Å². The van der Waals surface area contributed by atoms with Crippen LogP contribution in [-0.4, -0.2) is 17.0 Å². The highest BCUT2D eigenvalue weighted by atomic mass is 79.9. The first-order valence-electron chi connectivity index (χ1n) is 9.19. The number of aliphatic imine (C=N–C) groups is 1. The van der Waals surface area contributed by atoms with Gasteiger partial charge in [-0.3, -0.25) is 9.59 Å². The van der Waals surface area contributed by atoms with E-state index >= 15 is 0 Å². The zero-order valence-corrected chi connectivity index (χ0v) is 18.4. The van der Waals surface area contributed by atoms with E-state index in [2.05, 4.69) is 44.4 Å². The number of amidine groups is 1. The third-order valence-electron chi connectivity index (χ3n) is 4.43. The topological polar surface area (TPSA) is 67.8 Å².